The first-order valence-electron chi connectivity index (χ1n) is 9.24. The van der Waals surface area contributed by atoms with Crippen LogP contribution < -0.4 is 5.73 Å². The van der Waals surface area contributed by atoms with E-state index in [1.54, 1.807) is 4.57 Å². The van der Waals surface area contributed by atoms with Gasteiger partial charge >= 0.3 is 5.97 Å². The van der Waals surface area contributed by atoms with Crippen LogP contribution in [0.5, 0.6) is 0 Å². The van der Waals surface area contributed by atoms with Crippen LogP contribution in [0.25, 0.3) is 0 Å². The summed E-state index contributed by atoms with van der Waals surface area (Å²) >= 11 is 0. The molecule has 0 aromatic carbocycles. The van der Waals surface area contributed by atoms with E-state index in [0.717, 1.165) is 0 Å². The number of aliphatic carboxylic acids is 1. The molecule has 0 aliphatic carbocycles. The quantitative estimate of drug-likeness (QED) is 0.387. The Hall–Kier alpha value is -2.08. The third-order valence-corrected chi connectivity index (χ3v) is 10.1. The van der Waals surface area contributed by atoms with Crippen molar-refractivity contribution in [1.29, 1.82) is 0 Å². The molecular weight excluding hydrogens is 394 g/mol. The average Bonchev–Trinajstić information content (AvgIpc) is 3.20. The third kappa shape index (κ3) is 4.27. The summed E-state index contributed by atoms with van der Waals surface area (Å²) < 4.78 is 19.5. The molecular formula is C18H31N5O5Si. The fourth-order valence-corrected chi connectivity index (χ4v) is 4.23. The number of rotatable bonds is 7. The summed E-state index contributed by atoms with van der Waals surface area (Å²) in [6.07, 6.45) is -2.08. The first kappa shape index (κ1) is 23.2. The molecule has 0 bridgehead atoms. The SMILES string of the molecule is C=Nc1c(C(N)=NC)ncn1[C@@H]1O[C@H](C(=O)O)C(O[Si](C)(C)C(C)(C)C)[C@H]1OC. The van der Waals surface area contributed by atoms with Crippen LogP contribution in [0, 0.1) is 0 Å². The second-order valence-electron chi connectivity index (χ2n) is 8.42. The molecule has 2 heterocycles. The van der Waals surface area contributed by atoms with Crippen molar-refractivity contribution in [2.24, 2.45) is 15.7 Å². The van der Waals surface area contributed by atoms with E-state index in [9.17, 15) is 9.90 Å². The van der Waals surface area contributed by atoms with Gasteiger partial charge in [0.2, 0.25) is 0 Å². The molecule has 0 saturated carbocycles. The van der Waals surface area contributed by atoms with E-state index in [1.165, 1.54) is 20.5 Å². The number of aliphatic imine (C=N–C) groups is 2. The van der Waals surface area contributed by atoms with E-state index < -0.39 is 38.8 Å². The number of carbonyl (C=O) groups is 1. The lowest BCUT2D eigenvalue weighted by molar-refractivity contribution is -0.154. The van der Waals surface area contributed by atoms with Gasteiger partial charge in [-0.15, -0.1) is 0 Å². The van der Waals surface area contributed by atoms with E-state index >= 15 is 0 Å². The van der Waals surface area contributed by atoms with Gasteiger partial charge in [0.15, 0.2) is 26.5 Å². The summed E-state index contributed by atoms with van der Waals surface area (Å²) in [5, 5.41) is 9.66. The number of aromatic nitrogens is 2. The highest BCUT2D eigenvalue weighted by molar-refractivity contribution is 6.74. The predicted octanol–water partition coefficient (Wildman–Crippen LogP) is 1.94. The van der Waals surface area contributed by atoms with Crippen molar-refractivity contribution in [2.75, 3.05) is 14.2 Å². The molecule has 1 aromatic heterocycles. The zero-order valence-electron chi connectivity index (χ0n) is 18.0. The van der Waals surface area contributed by atoms with Crippen molar-refractivity contribution in [1.82, 2.24) is 9.55 Å². The van der Waals surface area contributed by atoms with Crippen molar-refractivity contribution in [2.45, 2.75) is 63.4 Å². The molecule has 1 aliphatic rings. The maximum Gasteiger partial charge on any atom is 0.335 e. The molecule has 11 heteroatoms. The van der Waals surface area contributed by atoms with Crippen LogP contribution in [0.2, 0.25) is 18.1 Å². The molecule has 0 amide bonds. The van der Waals surface area contributed by atoms with Crippen molar-refractivity contribution in [3.8, 4) is 0 Å². The molecule has 4 atom stereocenters. The second kappa shape index (κ2) is 8.34. The molecule has 0 spiro atoms. The summed E-state index contributed by atoms with van der Waals surface area (Å²) in [7, 11) is 0.721. The number of hydrogen-bond donors (Lipinski definition) is 2. The Bertz CT molecular complexity index is 801. The average molecular weight is 426 g/mol. The van der Waals surface area contributed by atoms with Gasteiger partial charge in [0.25, 0.3) is 0 Å². The zero-order valence-corrected chi connectivity index (χ0v) is 19.0. The lowest BCUT2D eigenvalue weighted by atomic mass is 10.1. The van der Waals surface area contributed by atoms with Gasteiger partial charge in [-0.25, -0.2) is 14.8 Å². The molecule has 1 aromatic rings. The lowest BCUT2D eigenvalue weighted by Gasteiger charge is -2.40. The van der Waals surface area contributed by atoms with E-state index in [-0.39, 0.29) is 10.9 Å². The van der Waals surface area contributed by atoms with Crippen LogP contribution in [0.3, 0.4) is 0 Å². The Kier molecular flexibility index (Phi) is 6.67. The molecule has 1 unspecified atom stereocenters. The van der Waals surface area contributed by atoms with Crippen LogP contribution in [0.4, 0.5) is 5.82 Å². The highest BCUT2D eigenvalue weighted by atomic mass is 28.4. The first-order valence-corrected chi connectivity index (χ1v) is 12.2. The van der Waals surface area contributed by atoms with E-state index in [0.29, 0.717) is 11.5 Å². The van der Waals surface area contributed by atoms with Crippen molar-refractivity contribution in [3.63, 3.8) is 0 Å². The van der Waals surface area contributed by atoms with Crippen LogP contribution in [-0.4, -0.2) is 74.0 Å². The minimum atomic E-state index is -2.31. The molecule has 1 saturated heterocycles. The fraction of sp³-hybridized carbons (Fsp3) is 0.667. The minimum Gasteiger partial charge on any atom is -0.479 e. The van der Waals surface area contributed by atoms with E-state index in [2.05, 4.69) is 55.6 Å². The van der Waals surface area contributed by atoms with Gasteiger partial charge in [-0.2, -0.15) is 0 Å². The molecule has 29 heavy (non-hydrogen) atoms. The summed E-state index contributed by atoms with van der Waals surface area (Å²) in [6, 6.07) is 0. The minimum absolute atomic E-state index is 0.117. The number of carboxylic acid groups (broad SMARTS) is 1. The van der Waals surface area contributed by atoms with E-state index in [4.69, 9.17) is 19.6 Å². The third-order valence-electron chi connectivity index (χ3n) is 5.62. The summed E-state index contributed by atoms with van der Waals surface area (Å²) in [4.78, 5) is 24.1. The van der Waals surface area contributed by atoms with Gasteiger partial charge in [-0.1, -0.05) is 20.8 Å². The normalized spacial score (nSPS) is 26.0. The Morgan fingerprint density at radius 2 is 2.03 bits per heavy atom. The van der Waals surface area contributed by atoms with Crippen LogP contribution in [0.1, 0.15) is 32.7 Å². The lowest BCUT2D eigenvalue weighted by Crippen LogP contribution is -2.50. The number of carboxylic acids is 1. The van der Waals surface area contributed by atoms with Crippen molar-refractivity contribution < 1.29 is 23.8 Å². The summed E-state index contributed by atoms with van der Waals surface area (Å²) in [5.74, 6) is -0.624. The molecule has 10 nitrogen and oxygen atoms in total. The molecule has 162 valence electrons. The molecule has 1 aliphatic heterocycles. The first-order chi connectivity index (χ1) is 13.4. The van der Waals surface area contributed by atoms with Crippen LogP contribution >= 0.6 is 0 Å². The number of nitrogens with zero attached hydrogens (tertiary/aromatic N) is 4. The number of ether oxygens (including phenoxy) is 2. The van der Waals surface area contributed by atoms with E-state index in [1.807, 2.05) is 0 Å². The molecule has 1 fully saturated rings. The maximum absolute atomic E-state index is 12.0. The number of imidazole rings is 1. The molecule has 3 N–H and O–H groups in total. The Balaban J connectivity index is 2.50. The summed E-state index contributed by atoms with van der Waals surface area (Å²) in [6.45, 7) is 13.9. The molecule has 2 rings (SSSR count). The van der Waals surface area contributed by atoms with Crippen molar-refractivity contribution in [3.05, 3.63) is 12.0 Å². The number of amidine groups is 1. The standard InChI is InChI=1S/C18H31N5O5Si/c1-18(2,3)29(7,8)28-11-12(26-6)16(27-13(11)17(24)25)23-9-22-10(14(19)20-4)15(23)21-5/h9,11-13,16H,5H2,1-4,6-8H3,(H2,19,20)(H,24,25)/t11?,12-,13+,16-/m1/s1. The highest BCUT2D eigenvalue weighted by Crippen LogP contribution is 2.43. The zero-order chi connectivity index (χ0) is 22.1. The Morgan fingerprint density at radius 1 is 1.41 bits per heavy atom. The Morgan fingerprint density at radius 3 is 2.48 bits per heavy atom. The van der Waals surface area contributed by atoms with Gasteiger partial charge in [-0.05, 0) is 24.8 Å². The predicted molar refractivity (Wildman–Crippen MR) is 112 cm³/mol. The van der Waals surface area contributed by atoms with Gasteiger partial charge in [0.1, 0.15) is 23.7 Å². The number of hydrogen-bond acceptors (Lipinski definition) is 7. The maximum atomic E-state index is 12.0. The second-order valence-corrected chi connectivity index (χ2v) is 13.2. The van der Waals surface area contributed by atoms with Crippen LogP contribution in [0.15, 0.2) is 16.3 Å². The van der Waals surface area contributed by atoms with Crippen LogP contribution in [-0.2, 0) is 18.7 Å². The topological polar surface area (TPSA) is 134 Å². The Labute approximate surface area is 171 Å². The van der Waals surface area contributed by atoms with Gasteiger partial charge in [0, 0.05) is 14.2 Å². The largest absolute Gasteiger partial charge is 0.479 e. The smallest absolute Gasteiger partial charge is 0.335 e. The highest BCUT2D eigenvalue weighted by Gasteiger charge is 2.54. The summed E-state index contributed by atoms with van der Waals surface area (Å²) in [5.41, 5.74) is 6.22. The molecule has 0 radical (unpaired) electrons. The van der Waals surface area contributed by atoms with Gasteiger partial charge in [0.05, 0.1) is 6.33 Å². The van der Waals surface area contributed by atoms with Gasteiger partial charge in [-0.3, -0.25) is 9.56 Å². The number of methoxy groups -OCH3 is 1. The van der Waals surface area contributed by atoms with Gasteiger partial charge < -0.3 is 24.7 Å². The fourth-order valence-electron chi connectivity index (χ4n) is 2.94. The monoisotopic (exact) mass is 425 g/mol. The van der Waals surface area contributed by atoms with Crippen molar-refractivity contribution >= 4 is 32.7 Å². The number of nitrogens with two attached hydrogens (primary N) is 1.